The van der Waals surface area contributed by atoms with E-state index >= 15 is 0 Å². The summed E-state index contributed by atoms with van der Waals surface area (Å²) in [5.41, 5.74) is -0.377. The summed E-state index contributed by atoms with van der Waals surface area (Å²) >= 11 is 0. The molecule has 0 spiro atoms. The van der Waals surface area contributed by atoms with Gasteiger partial charge < -0.3 is 15.3 Å². The fraction of sp³-hybridized carbons (Fsp3) is 0.353. The van der Waals surface area contributed by atoms with Crippen molar-refractivity contribution in [3.8, 4) is 0 Å². The summed E-state index contributed by atoms with van der Waals surface area (Å²) in [6.07, 6.45) is -1.60. The van der Waals surface area contributed by atoms with E-state index in [0.29, 0.717) is 18.5 Å². The predicted octanol–water partition coefficient (Wildman–Crippen LogP) is 1.77. The van der Waals surface area contributed by atoms with E-state index in [4.69, 9.17) is 5.11 Å². The highest BCUT2D eigenvalue weighted by Crippen LogP contribution is 2.29. The van der Waals surface area contributed by atoms with Gasteiger partial charge in [0.15, 0.2) is 0 Å². The summed E-state index contributed by atoms with van der Waals surface area (Å²) in [6, 6.07) is 4.28. The molecule has 1 aliphatic heterocycles. The molecular formula is C17H17F3N2O4. The van der Waals surface area contributed by atoms with Crippen LogP contribution < -0.4 is 5.32 Å². The van der Waals surface area contributed by atoms with E-state index in [9.17, 15) is 27.6 Å². The first-order valence-corrected chi connectivity index (χ1v) is 7.80. The first-order chi connectivity index (χ1) is 12.2. The Morgan fingerprint density at radius 3 is 2.42 bits per heavy atom. The molecule has 0 saturated carbocycles. The molecular weight excluding hydrogens is 353 g/mol. The van der Waals surface area contributed by atoms with E-state index in [2.05, 4.69) is 5.32 Å². The Kier molecular flexibility index (Phi) is 6.01. The molecule has 0 radical (unpaired) electrons. The van der Waals surface area contributed by atoms with Crippen LogP contribution in [-0.4, -0.2) is 47.4 Å². The Morgan fingerprint density at radius 2 is 1.88 bits per heavy atom. The minimum Gasteiger partial charge on any atom is -0.481 e. The molecule has 1 fully saturated rings. The van der Waals surface area contributed by atoms with Gasteiger partial charge in [0.2, 0.25) is 11.8 Å². The normalized spacial score (nSPS) is 17.5. The number of halogens is 3. The topological polar surface area (TPSA) is 86.7 Å². The highest BCUT2D eigenvalue weighted by Gasteiger charge is 2.31. The zero-order chi connectivity index (χ0) is 19.3. The molecule has 6 nitrogen and oxygen atoms in total. The summed E-state index contributed by atoms with van der Waals surface area (Å²) in [5, 5.41) is 11.3. The Morgan fingerprint density at radius 1 is 1.23 bits per heavy atom. The van der Waals surface area contributed by atoms with Gasteiger partial charge in [0, 0.05) is 19.2 Å². The molecule has 1 atom stereocenters. The lowest BCUT2D eigenvalue weighted by Gasteiger charge is -2.15. The van der Waals surface area contributed by atoms with Gasteiger partial charge in [-0.25, -0.2) is 0 Å². The van der Waals surface area contributed by atoms with Crippen LogP contribution in [0.2, 0.25) is 0 Å². The third-order valence-corrected chi connectivity index (χ3v) is 3.97. The first kappa shape index (κ1) is 19.5. The second-order valence-electron chi connectivity index (χ2n) is 5.83. The largest absolute Gasteiger partial charge is 0.481 e. The molecule has 1 aliphatic rings. The van der Waals surface area contributed by atoms with Gasteiger partial charge in [-0.3, -0.25) is 14.4 Å². The average Bonchev–Trinajstić information content (AvgIpc) is 3.08. The Balaban J connectivity index is 1.80. The number of amides is 2. The highest BCUT2D eigenvalue weighted by atomic mass is 19.4. The number of carboxylic acid groups (broad SMARTS) is 1. The second kappa shape index (κ2) is 8.03. The van der Waals surface area contributed by atoms with Gasteiger partial charge >= 0.3 is 12.1 Å². The molecule has 1 aromatic rings. The van der Waals surface area contributed by atoms with E-state index in [1.807, 2.05) is 0 Å². The van der Waals surface area contributed by atoms with Gasteiger partial charge in [-0.2, -0.15) is 13.2 Å². The molecule has 9 heteroatoms. The molecule has 0 unspecified atom stereocenters. The van der Waals surface area contributed by atoms with Crippen LogP contribution >= 0.6 is 0 Å². The number of carbonyl (C=O) groups is 3. The molecule has 0 aromatic heterocycles. The third-order valence-electron chi connectivity index (χ3n) is 3.97. The van der Waals surface area contributed by atoms with Crippen molar-refractivity contribution in [2.24, 2.45) is 5.92 Å². The van der Waals surface area contributed by atoms with Crippen molar-refractivity contribution in [2.75, 3.05) is 19.6 Å². The van der Waals surface area contributed by atoms with Gasteiger partial charge in [-0.15, -0.1) is 0 Å². The lowest BCUT2D eigenvalue weighted by molar-refractivity contribution is -0.141. The third kappa shape index (κ3) is 5.33. The first-order valence-electron chi connectivity index (χ1n) is 7.80. The molecule has 1 saturated heterocycles. The molecule has 26 heavy (non-hydrogen) atoms. The van der Waals surface area contributed by atoms with E-state index in [1.165, 1.54) is 23.1 Å². The summed E-state index contributed by atoms with van der Waals surface area (Å²) in [7, 11) is 0. The van der Waals surface area contributed by atoms with Crippen molar-refractivity contribution < 1.29 is 32.7 Å². The Bertz CT molecular complexity index is 714. The van der Waals surface area contributed by atoms with Gasteiger partial charge in [0.05, 0.1) is 18.0 Å². The minimum absolute atomic E-state index is 0.116. The van der Waals surface area contributed by atoms with Crippen molar-refractivity contribution >= 4 is 23.9 Å². The quantitative estimate of drug-likeness (QED) is 0.774. The number of nitrogens with one attached hydrogen (secondary N) is 1. The lowest BCUT2D eigenvalue weighted by atomic mass is 10.1. The molecule has 1 heterocycles. The number of rotatable bonds is 5. The number of hydrogen-bond donors (Lipinski definition) is 2. The maximum atomic E-state index is 12.5. The van der Waals surface area contributed by atoms with Crippen LogP contribution in [0.3, 0.4) is 0 Å². The summed E-state index contributed by atoms with van der Waals surface area (Å²) < 4.78 is 37.4. The standard InChI is InChI=1S/C17H17F3N2O4/c18-17(19,20)13-4-1-11(2-5-13)3-6-14(23)21-9-15(24)22-8-7-12(10-22)16(25)26/h1-6,12H,7-10H2,(H,21,23)(H,25,26)/b6-3+/t12-/m0/s1. The van der Waals surface area contributed by atoms with E-state index in [1.54, 1.807) is 0 Å². The van der Waals surface area contributed by atoms with E-state index in [-0.39, 0.29) is 19.0 Å². The van der Waals surface area contributed by atoms with Crippen LogP contribution in [0.1, 0.15) is 17.5 Å². The van der Waals surface area contributed by atoms with Crippen molar-refractivity contribution in [1.29, 1.82) is 0 Å². The van der Waals surface area contributed by atoms with Crippen molar-refractivity contribution in [3.63, 3.8) is 0 Å². The number of carboxylic acids is 1. The van der Waals surface area contributed by atoms with Crippen molar-refractivity contribution in [3.05, 3.63) is 41.5 Å². The molecule has 2 N–H and O–H groups in total. The van der Waals surface area contributed by atoms with Gasteiger partial charge in [0.25, 0.3) is 0 Å². The predicted molar refractivity (Wildman–Crippen MR) is 85.8 cm³/mol. The number of alkyl halides is 3. The average molecular weight is 370 g/mol. The number of aliphatic carboxylic acids is 1. The maximum Gasteiger partial charge on any atom is 0.416 e. The fourth-order valence-corrected chi connectivity index (χ4v) is 2.48. The minimum atomic E-state index is -4.42. The number of likely N-dealkylation sites (tertiary alicyclic amines) is 1. The summed E-state index contributed by atoms with van der Waals surface area (Å²) in [6.45, 7) is 0.168. The maximum absolute atomic E-state index is 12.5. The van der Waals surface area contributed by atoms with Crippen LogP contribution in [0, 0.1) is 5.92 Å². The zero-order valence-electron chi connectivity index (χ0n) is 13.6. The zero-order valence-corrected chi connectivity index (χ0v) is 13.6. The van der Waals surface area contributed by atoms with Crippen molar-refractivity contribution in [1.82, 2.24) is 10.2 Å². The summed E-state index contributed by atoms with van der Waals surface area (Å²) in [5.74, 6) is -2.50. The van der Waals surface area contributed by atoms with Crippen LogP contribution in [0.15, 0.2) is 30.3 Å². The van der Waals surface area contributed by atoms with Crippen LogP contribution in [0.25, 0.3) is 6.08 Å². The molecule has 2 rings (SSSR count). The van der Waals surface area contributed by atoms with Gasteiger partial charge in [-0.1, -0.05) is 12.1 Å². The smallest absolute Gasteiger partial charge is 0.416 e. The lowest BCUT2D eigenvalue weighted by Crippen LogP contribution is -2.38. The number of benzene rings is 1. The van der Waals surface area contributed by atoms with Crippen LogP contribution in [-0.2, 0) is 20.6 Å². The monoisotopic (exact) mass is 370 g/mol. The molecule has 0 aliphatic carbocycles. The Hall–Kier alpha value is -2.84. The second-order valence-corrected chi connectivity index (χ2v) is 5.83. The van der Waals surface area contributed by atoms with Crippen LogP contribution in [0.5, 0.6) is 0 Å². The molecule has 1 aromatic carbocycles. The van der Waals surface area contributed by atoms with Gasteiger partial charge in [-0.05, 0) is 30.2 Å². The van der Waals surface area contributed by atoms with Crippen molar-refractivity contribution in [2.45, 2.75) is 12.6 Å². The highest BCUT2D eigenvalue weighted by molar-refractivity contribution is 5.94. The van der Waals surface area contributed by atoms with E-state index < -0.39 is 29.5 Å². The number of hydrogen-bond acceptors (Lipinski definition) is 3. The molecule has 2 amide bonds. The van der Waals surface area contributed by atoms with E-state index in [0.717, 1.165) is 18.2 Å². The fourth-order valence-electron chi connectivity index (χ4n) is 2.48. The SMILES string of the molecule is O=C(/C=C/c1ccc(C(F)(F)F)cc1)NCC(=O)N1CC[C@H](C(=O)O)C1. The van der Waals surface area contributed by atoms with Gasteiger partial charge in [0.1, 0.15) is 0 Å². The Labute approximate surface area is 147 Å². The number of carbonyl (C=O) groups excluding carboxylic acids is 2. The summed E-state index contributed by atoms with van der Waals surface area (Å²) in [4.78, 5) is 35.8. The number of nitrogens with zero attached hydrogens (tertiary/aromatic N) is 1. The molecule has 0 bridgehead atoms. The molecule has 140 valence electrons. The van der Waals surface area contributed by atoms with Crippen LogP contribution in [0.4, 0.5) is 13.2 Å².